The third-order valence-corrected chi connectivity index (χ3v) is 1.60. The zero-order valence-electron chi connectivity index (χ0n) is 6.25. The predicted octanol–water partition coefficient (Wildman–Crippen LogP) is 1.01. The second kappa shape index (κ2) is 2.34. The second-order valence-electron chi connectivity index (χ2n) is 2.46. The minimum atomic E-state index is 0.00343. The average molecular weight is 164 g/mol. The van der Waals surface area contributed by atoms with E-state index in [2.05, 4.69) is 0 Å². The molecule has 2 aromatic heterocycles. The van der Waals surface area contributed by atoms with Crippen LogP contribution < -0.4 is 0 Å². The Balaban J connectivity index is 2.54. The zero-order valence-corrected chi connectivity index (χ0v) is 6.25. The normalized spacial score (nSPS) is 10.3. The summed E-state index contributed by atoms with van der Waals surface area (Å²) in [5.74, 6) is 0.0462. The standard InChI is InChI=1S/C8H8N2O2/c11-7-5-8(12)10(6-7)9-3-1-2-4-9/h1-6,11-12H. The fraction of sp³-hybridized carbons (Fsp3) is 0. The summed E-state index contributed by atoms with van der Waals surface area (Å²) in [4.78, 5) is 0. The molecule has 0 radical (unpaired) electrons. The lowest BCUT2D eigenvalue weighted by Gasteiger charge is -2.03. The Labute approximate surface area is 68.9 Å². The maximum absolute atomic E-state index is 9.29. The first-order valence-electron chi connectivity index (χ1n) is 3.51. The number of hydrogen-bond acceptors (Lipinski definition) is 2. The Morgan fingerprint density at radius 2 is 1.75 bits per heavy atom. The van der Waals surface area contributed by atoms with Crippen molar-refractivity contribution in [1.82, 2.24) is 9.35 Å². The summed E-state index contributed by atoms with van der Waals surface area (Å²) in [6, 6.07) is 4.94. The van der Waals surface area contributed by atoms with Gasteiger partial charge in [0.15, 0.2) is 0 Å². The zero-order chi connectivity index (χ0) is 8.55. The molecule has 0 atom stereocenters. The molecule has 0 saturated heterocycles. The van der Waals surface area contributed by atoms with Gasteiger partial charge in [-0.15, -0.1) is 0 Å². The van der Waals surface area contributed by atoms with Crippen molar-refractivity contribution in [2.75, 3.05) is 0 Å². The lowest BCUT2D eigenvalue weighted by molar-refractivity contribution is 0.407. The Kier molecular flexibility index (Phi) is 1.33. The minimum Gasteiger partial charge on any atom is -0.506 e. The van der Waals surface area contributed by atoms with E-state index in [1.165, 1.54) is 16.9 Å². The molecular formula is C8H8N2O2. The van der Waals surface area contributed by atoms with Gasteiger partial charge in [0.25, 0.3) is 0 Å². The molecule has 62 valence electrons. The summed E-state index contributed by atoms with van der Waals surface area (Å²) in [6.07, 6.45) is 4.95. The van der Waals surface area contributed by atoms with Crippen molar-refractivity contribution in [3.8, 4) is 11.6 Å². The Hall–Kier alpha value is -1.84. The number of aromatic hydroxyl groups is 2. The molecule has 4 heteroatoms. The first kappa shape index (κ1) is 6.84. The molecule has 4 nitrogen and oxygen atoms in total. The molecule has 12 heavy (non-hydrogen) atoms. The van der Waals surface area contributed by atoms with Crippen LogP contribution in [0.3, 0.4) is 0 Å². The topological polar surface area (TPSA) is 50.3 Å². The van der Waals surface area contributed by atoms with Crippen molar-refractivity contribution in [3.05, 3.63) is 36.8 Å². The quantitative estimate of drug-likeness (QED) is 0.660. The van der Waals surface area contributed by atoms with Crippen molar-refractivity contribution in [1.29, 1.82) is 0 Å². The van der Waals surface area contributed by atoms with E-state index in [9.17, 15) is 5.11 Å². The molecule has 0 aromatic carbocycles. The first-order chi connectivity index (χ1) is 5.77. The predicted molar refractivity (Wildman–Crippen MR) is 43.0 cm³/mol. The van der Waals surface area contributed by atoms with Crippen LogP contribution in [0.2, 0.25) is 0 Å². The number of aromatic nitrogens is 2. The Morgan fingerprint density at radius 3 is 2.25 bits per heavy atom. The molecule has 0 unspecified atom stereocenters. The van der Waals surface area contributed by atoms with Gasteiger partial charge in [-0.2, -0.15) is 0 Å². The van der Waals surface area contributed by atoms with Crippen molar-refractivity contribution in [2.24, 2.45) is 0 Å². The van der Waals surface area contributed by atoms with Gasteiger partial charge in [0.2, 0.25) is 5.88 Å². The van der Waals surface area contributed by atoms with Crippen LogP contribution in [0.1, 0.15) is 0 Å². The summed E-state index contributed by atoms with van der Waals surface area (Å²) in [7, 11) is 0. The van der Waals surface area contributed by atoms with Crippen molar-refractivity contribution >= 4 is 0 Å². The minimum absolute atomic E-state index is 0.00343. The van der Waals surface area contributed by atoms with E-state index in [-0.39, 0.29) is 11.6 Å². The van der Waals surface area contributed by atoms with Gasteiger partial charge in [-0.1, -0.05) is 0 Å². The number of rotatable bonds is 1. The van der Waals surface area contributed by atoms with Crippen LogP contribution in [-0.2, 0) is 0 Å². The maximum Gasteiger partial charge on any atom is 0.214 e. The van der Waals surface area contributed by atoms with Gasteiger partial charge >= 0.3 is 0 Å². The van der Waals surface area contributed by atoms with Crippen LogP contribution in [0.25, 0.3) is 0 Å². The van der Waals surface area contributed by atoms with Crippen molar-refractivity contribution in [3.63, 3.8) is 0 Å². The van der Waals surface area contributed by atoms with Gasteiger partial charge < -0.3 is 10.2 Å². The Bertz CT molecular complexity index is 376. The third kappa shape index (κ3) is 0.934. The largest absolute Gasteiger partial charge is 0.506 e. The molecule has 0 spiro atoms. The molecule has 2 rings (SSSR count). The molecular weight excluding hydrogens is 156 g/mol. The highest BCUT2D eigenvalue weighted by Gasteiger charge is 2.02. The lowest BCUT2D eigenvalue weighted by atomic mass is 10.6. The van der Waals surface area contributed by atoms with E-state index in [4.69, 9.17) is 5.11 Å². The van der Waals surface area contributed by atoms with Crippen LogP contribution in [0.5, 0.6) is 11.6 Å². The molecule has 0 aliphatic rings. The van der Waals surface area contributed by atoms with E-state index in [0.29, 0.717) is 0 Å². The van der Waals surface area contributed by atoms with Crippen molar-refractivity contribution < 1.29 is 10.2 Å². The number of hydrogen-bond donors (Lipinski definition) is 2. The molecule has 2 aromatic rings. The number of nitrogens with zero attached hydrogens (tertiary/aromatic N) is 2. The SMILES string of the molecule is Oc1cc(O)n(-n2cccc2)c1. The highest BCUT2D eigenvalue weighted by Crippen LogP contribution is 2.19. The maximum atomic E-state index is 9.29. The third-order valence-electron chi connectivity index (χ3n) is 1.60. The molecule has 2 N–H and O–H groups in total. The molecule has 0 amide bonds. The van der Waals surface area contributed by atoms with Crippen LogP contribution in [0, 0.1) is 0 Å². The first-order valence-corrected chi connectivity index (χ1v) is 3.51. The van der Waals surface area contributed by atoms with Crippen LogP contribution in [0.4, 0.5) is 0 Å². The Morgan fingerprint density at radius 1 is 1.08 bits per heavy atom. The van der Waals surface area contributed by atoms with Gasteiger partial charge in [-0.25, -0.2) is 4.68 Å². The van der Waals surface area contributed by atoms with Crippen LogP contribution >= 0.6 is 0 Å². The molecule has 0 aliphatic carbocycles. The van der Waals surface area contributed by atoms with Gasteiger partial charge in [0.05, 0.1) is 6.20 Å². The van der Waals surface area contributed by atoms with E-state index >= 15 is 0 Å². The van der Waals surface area contributed by atoms with Crippen LogP contribution in [0.15, 0.2) is 36.8 Å². The van der Waals surface area contributed by atoms with Gasteiger partial charge in [-0.05, 0) is 12.1 Å². The molecule has 0 fully saturated rings. The van der Waals surface area contributed by atoms with E-state index in [1.54, 1.807) is 17.1 Å². The van der Waals surface area contributed by atoms with Gasteiger partial charge in [0.1, 0.15) is 5.75 Å². The summed E-state index contributed by atoms with van der Waals surface area (Å²) < 4.78 is 3.07. The molecule has 0 saturated carbocycles. The fourth-order valence-corrected chi connectivity index (χ4v) is 1.08. The summed E-state index contributed by atoms with van der Waals surface area (Å²) in [5, 5.41) is 18.3. The molecule has 2 heterocycles. The second-order valence-corrected chi connectivity index (χ2v) is 2.46. The van der Waals surface area contributed by atoms with E-state index < -0.39 is 0 Å². The van der Waals surface area contributed by atoms with E-state index in [0.717, 1.165) is 0 Å². The van der Waals surface area contributed by atoms with Crippen LogP contribution in [-0.4, -0.2) is 19.6 Å². The average Bonchev–Trinajstić information content (AvgIpc) is 2.58. The lowest BCUT2D eigenvalue weighted by Crippen LogP contribution is -2.02. The summed E-state index contributed by atoms with van der Waals surface area (Å²) >= 11 is 0. The molecule has 0 aliphatic heterocycles. The smallest absolute Gasteiger partial charge is 0.214 e. The van der Waals surface area contributed by atoms with E-state index in [1.807, 2.05) is 12.1 Å². The summed E-state index contributed by atoms with van der Waals surface area (Å²) in [5.41, 5.74) is 0. The highest BCUT2D eigenvalue weighted by atomic mass is 16.3. The summed E-state index contributed by atoms with van der Waals surface area (Å²) in [6.45, 7) is 0. The molecule has 0 bridgehead atoms. The van der Waals surface area contributed by atoms with Crippen molar-refractivity contribution in [2.45, 2.75) is 0 Å². The van der Waals surface area contributed by atoms with Gasteiger partial charge in [0, 0.05) is 18.5 Å². The fourth-order valence-electron chi connectivity index (χ4n) is 1.08. The monoisotopic (exact) mass is 164 g/mol. The highest BCUT2D eigenvalue weighted by molar-refractivity contribution is 5.26. The van der Waals surface area contributed by atoms with Gasteiger partial charge in [-0.3, -0.25) is 4.68 Å².